The van der Waals surface area contributed by atoms with Crippen molar-refractivity contribution < 1.29 is 17.6 Å². The molecule has 0 saturated heterocycles. The molecular formula is C24H20ClFN6O3S. The van der Waals surface area contributed by atoms with Gasteiger partial charge in [-0.15, -0.1) is 0 Å². The Balaban J connectivity index is 1.48. The first kappa shape index (κ1) is 24.9. The van der Waals surface area contributed by atoms with Crippen LogP contribution in [0.5, 0.6) is 0 Å². The molecule has 4 rings (SSSR count). The number of amides is 1. The third-order valence-corrected chi connectivity index (χ3v) is 6.59. The molecule has 0 radical (unpaired) electrons. The van der Waals surface area contributed by atoms with Crippen LogP contribution in [-0.4, -0.2) is 31.3 Å². The molecule has 184 valence electrons. The van der Waals surface area contributed by atoms with Gasteiger partial charge in [0.15, 0.2) is 5.82 Å². The highest BCUT2D eigenvalue weighted by molar-refractivity contribution is 7.92. The quantitative estimate of drug-likeness (QED) is 0.257. The van der Waals surface area contributed by atoms with Gasteiger partial charge in [-0.05, 0) is 60.7 Å². The van der Waals surface area contributed by atoms with Gasteiger partial charge in [0.2, 0.25) is 5.95 Å². The molecule has 1 aromatic heterocycles. The molecule has 4 aromatic rings. The number of sulfonamides is 1. The minimum Gasteiger partial charge on any atom is -0.355 e. The van der Waals surface area contributed by atoms with Gasteiger partial charge >= 0.3 is 0 Å². The number of carbonyl (C=O) groups is 1. The van der Waals surface area contributed by atoms with Gasteiger partial charge in [0, 0.05) is 18.4 Å². The zero-order valence-corrected chi connectivity index (χ0v) is 20.4. The largest absolute Gasteiger partial charge is 0.355 e. The molecular weight excluding hydrogens is 507 g/mol. The molecule has 0 aliphatic heterocycles. The summed E-state index contributed by atoms with van der Waals surface area (Å²) >= 11 is 6.25. The number of nitrogens with one attached hydrogen (secondary N) is 4. The summed E-state index contributed by atoms with van der Waals surface area (Å²) < 4.78 is 40.5. The van der Waals surface area contributed by atoms with E-state index in [-0.39, 0.29) is 27.6 Å². The summed E-state index contributed by atoms with van der Waals surface area (Å²) in [5.74, 6) is -0.284. The summed E-state index contributed by atoms with van der Waals surface area (Å²) in [6.07, 6.45) is 1.41. The van der Waals surface area contributed by atoms with E-state index in [2.05, 4.69) is 30.6 Å². The van der Waals surface area contributed by atoms with Crippen molar-refractivity contribution in [2.75, 3.05) is 22.4 Å². The number of aromatic nitrogens is 2. The summed E-state index contributed by atoms with van der Waals surface area (Å²) in [5, 5.41) is 8.90. The molecule has 0 saturated carbocycles. The number of benzene rings is 3. The van der Waals surface area contributed by atoms with Gasteiger partial charge in [0.05, 0.1) is 22.3 Å². The fraction of sp³-hybridized carbons (Fsp3) is 0.0417. The smallest absolute Gasteiger partial charge is 0.261 e. The molecule has 0 bridgehead atoms. The molecule has 12 heteroatoms. The zero-order valence-electron chi connectivity index (χ0n) is 18.8. The Labute approximate surface area is 211 Å². The standard InChI is InChI=1S/C24H20ClFN6O3S/c1-27-23(33)19-4-2-3-5-21(19)30-22-20(25)14-28-24(31-22)29-16-8-10-17(11-9-16)32-36(34,35)18-12-6-15(26)7-13-18/h2-14,32H,1H3,(H,27,33)(H2,28,29,30,31). The van der Waals surface area contributed by atoms with Crippen LogP contribution in [0.4, 0.5) is 33.2 Å². The highest BCUT2D eigenvalue weighted by Gasteiger charge is 2.15. The normalized spacial score (nSPS) is 11.0. The third-order valence-electron chi connectivity index (χ3n) is 4.91. The maximum absolute atomic E-state index is 13.1. The van der Waals surface area contributed by atoms with Crippen molar-refractivity contribution in [1.82, 2.24) is 15.3 Å². The number of rotatable bonds is 8. The van der Waals surface area contributed by atoms with Crippen LogP contribution in [0.3, 0.4) is 0 Å². The lowest BCUT2D eigenvalue weighted by molar-refractivity contribution is 0.0964. The van der Waals surface area contributed by atoms with Gasteiger partial charge in [-0.1, -0.05) is 23.7 Å². The Hall–Kier alpha value is -4.22. The topological polar surface area (TPSA) is 125 Å². The van der Waals surface area contributed by atoms with Crippen LogP contribution in [-0.2, 0) is 10.0 Å². The van der Waals surface area contributed by atoms with Crippen molar-refractivity contribution in [2.45, 2.75) is 4.90 Å². The first-order chi connectivity index (χ1) is 17.2. The van der Waals surface area contributed by atoms with Gasteiger partial charge in [0.25, 0.3) is 15.9 Å². The molecule has 36 heavy (non-hydrogen) atoms. The first-order valence-corrected chi connectivity index (χ1v) is 12.4. The van der Waals surface area contributed by atoms with Crippen LogP contribution >= 0.6 is 11.6 Å². The Morgan fingerprint density at radius 2 is 1.58 bits per heavy atom. The Kier molecular flexibility index (Phi) is 7.32. The molecule has 1 amide bonds. The van der Waals surface area contributed by atoms with E-state index in [9.17, 15) is 17.6 Å². The first-order valence-electron chi connectivity index (χ1n) is 10.5. The molecule has 4 N–H and O–H groups in total. The molecule has 0 atom stereocenters. The van der Waals surface area contributed by atoms with E-state index in [4.69, 9.17) is 11.6 Å². The number of para-hydroxylation sites is 1. The van der Waals surface area contributed by atoms with Crippen molar-refractivity contribution in [3.63, 3.8) is 0 Å². The Morgan fingerprint density at radius 1 is 0.917 bits per heavy atom. The SMILES string of the molecule is CNC(=O)c1ccccc1Nc1nc(Nc2ccc(NS(=O)(=O)c3ccc(F)cc3)cc2)ncc1Cl. The minimum atomic E-state index is -3.87. The highest BCUT2D eigenvalue weighted by atomic mass is 35.5. The van der Waals surface area contributed by atoms with E-state index >= 15 is 0 Å². The molecule has 0 spiro atoms. The number of carbonyl (C=O) groups excluding carboxylic acids is 1. The van der Waals surface area contributed by atoms with Crippen LogP contribution < -0.4 is 20.7 Å². The predicted molar refractivity (Wildman–Crippen MR) is 137 cm³/mol. The summed E-state index contributed by atoms with van der Waals surface area (Å²) in [4.78, 5) is 20.6. The second-order valence-electron chi connectivity index (χ2n) is 7.40. The number of hydrogen-bond donors (Lipinski definition) is 4. The maximum Gasteiger partial charge on any atom is 0.261 e. The van der Waals surface area contributed by atoms with Gasteiger partial charge in [-0.25, -0.2) is 17.8 Å². The third kappa shape index (κ3) is 5.88. The predicted octanol–water partition coefficient (Wildman–Crippen LogP) is 4.92. The van der Waals surface area contributed by atoms with Crippen molar-refractivity contribution in [3.05, 3.63) is 95.4 Å². The number of nitrogens with zero attached hydrogens (tertiary/aromatic N) is 2. The molecule has 9 nitrogen and oxygen atoms in total. The van der Waals surface area contributed by atoms with Gasteiger partial charge < -0.3 is 16.0 Å². The van der Waals surface area contributed by atoms with Crippen LogP contribution in [0.15, 0.2) is 83.9 Å². The summed E-state index contributed by atoms with van der Waals surface area (Å²) in [7, 11) is -2.33. The molecule has 0 unspecified atom stereocenters. The number of hydrogen-bond acceptors (Lipinski definition) is 7. The lowest BCUT2D eigenvalue weighted by Gasteiger charge is -2.13. The highest BCUT2D eigenvalue weighted by Crippen LogP contribution is 2.27. The molecule has 3 aromatic carbocycles. The number of anilines is 5. The summed E-state index contributed by atoms with van der Waals surface area (Å²) in [6, 6.07) is 17.8. The van der Waals surface area contributed by atoms with E-state index in [0.29, 0.717) is 22.6 Å². The average Bonchev–Trinajstić information content (AvgIpc) is 2.87. The van der Waals surface area contributed by atoms with E-state index in [1.807, 2.05) is 0 Å². The van der Waals surface area contributed by atoms with Crippen LogP contribution in [0.25, 0.3) is 0 Å². The fourth-order valence-electron chi connectivity index (χ4n) is 3.15. The zero-order chi connectivity index (χ0) is 25.7. The molecule has 0 fully saturated rings. The van der Waals surface area contributed by atoms with Gasteiger partial charge in [-0.3, -0.25) is 9.52 Å². The molecule has 0 aliphatic carbocycles. The monoisotopic (exact) mass is 526 g/mol. The average molecular weight is 527 g/mol. The van der Waals surface area contributed by atoms with E-state index in [0.717, 1.165) is 12.1 Å². The van der Waals surface area contributed by atoms with Gasteiger partial charge in [0.1, 0.15) is 10.8 Å². The van der Waals surface area contributed by atoms with Crippen molar-refractivity contribution in [3.8, 4) is 0 Å². The minimum absolute atomic E-state index is 0.0568. The Morgan fingerprint density at radius 3 is 2.28 bits per heavy atom. The second-order valence-corrected chi connectivity index (χ2v) is 9.49. The van der Waals surface area contributed by atoms with E-state index in [1.165, 1.54) is 25.4 Å². The van der Waals surface area contributed by atoms with E-state index in [1.54, 1.807) is 48.5 Å². The lowest BCUT2D eigenvalue weighted by atomic mass is 10.1. The number of halogens is 2. The van der Waals surface area contributed by atoms with Crippen LogP contribution in [0.2, 0.25) is 5.02 Å². The summed E-state index contributed by atoms with van der Waals surface area (Å²) in [6.45, 7) is 0. The van der Waals surface area contributed by atoms with Crippen LogP contribution in [0.1, 0.15) is 10.4 Å². The fourth-order valence-corrected chi connectivity index (χ4v) is 4.34. The maximum atomic E-state index is 13.1. The van der Waals surface area contributed by atoms with Gasteiger partial charge in [-0.2, -0.15) is 4.98 Å². The molecule has 1 heterocycles. The van der Waals surface area contributed by atoms with Crippen LogP contribution in [0, 0.1) is 5.82 Å². The van der Waals surface area contributed by atoms with Crippen molar-refractivity contribution in [2.24, 2.45) is 0 Å². The second kappa shape index (κ2) is 10.6. The molecule has 0 aliphatic rings. The Bertz CT molecular complexity index is 1500. The van der Waals surface area contributed by atoms with Crippen molar-refractivity contribution in [1.29, 1.82) is 0 Å². The lowest BCUT2D eigenvalue weighted by Crippen LogP contribution is -2.19. The summed E-state index contributed by atoms with van der Waals surface area (Å²) in [5.41, 5.74) is 1.83. The van der Waals surface area contributed by atoms with E-state index < -0.39 is 15.8 Å². The van der Waals surface area contributed by atoms with Crippen molar-refractivity contribution >= 4 is 56.4 Å².